The van der Waals surface area contributed by atoms with Gasteiger partial charge in [-0.15, -0.1) is 0 Å². The molecule has 0 bridgehead atoms. The average Bonchev–Trinajstić information content (AvgIpc) is 2.28. The molecule has 0 fully saturated rings. The van der Waals surface area contributed by atoms with Gasteiger partial charge in [-0.05, 0) is 50.6 Å². The minimum absolute atomic E-state index is 0.252. The van der Waals surface area contributed by atoms with E-state index in [4.69, 9.17) is 4.74 Å². The summed E-state index contributed by atoms with van der Waals surface area (Å²) in [6.45, 7) is 8.21. The lowest BCUT2D eigenvalue weighted by Crippen LogP contribution is -2.14. The molecule has 0 radical (unpaired) electrons. The largest absolute Gasteiger partial charge is 0.489 e. The maximum absolute atomic E-state index is 13.4. The third-order valence-electron chi connectivity index (χ3n) is 2.43. The van der Waals surface area contributed by atoms with E-state index < -0.39 is 0 Å². The molecule has 1 aromatic rings. The Morgan fingerprint density at radius 3 is 2.78 bits per heavy atom. The summed E-state index contributed by atoms with van der Waals surface area (Å²) in [4.78, 5) is 0. The van der Waals surface area contributed by atoms with Crippen LogP contribution >= 0.6 is 0 Å². The first-order valence-electron chi connectivity index (χ1n) is 6.38. The Morgan fingerprint density at radius 2 is 2.11 bits per heavy atom. The first-order valence-corrected chi connectivity index (χ1v) is 6.38. The summed E-state index contributed by atoms with van der Waals surface area (Å²) in [6, 6.07) is 4.84. The van der Waals surface area contributed by atoms with Crippen molar-refractivity contribution in [2.45, 2.75) is 33.7 Å². The van der Waals surface area contributed by atoms with Crippen LogP contribution in [0.1, 0.15) is 32.8 Å². The maximum atomic E-state index is 13.4. The van der Waals surface area contributed by atoms with Crippen LogP contribution < -0.4 is 10.1 Å². The summed E-state index contributed by atoms with van der Waals surface area (Å²) in [5, 5.41) is 3.25. The van der Waals surface area contributed by atoms with Crippen molar-refractivity contribution >= 4 is 0 Å². The molecule has 1 aromatic carbocycles. The summed E-state index contributed by atoms with van der Waals surface area (Å²) < 4.78 is 18.9. The van der Waals surface area contributed by atoms with Crippen molar-refractivity contribution in [2.75, 3.05) is 13.2 Å². The third-order valence-corrected chi connectivity index (χ3v) is 2.43. The number of benzene rings is 1. The summed E-state index contributed by atoms with van der Waals surface area (Å²) in [5.74, 6) is 0.332. The normalized spacial score (nSPS) is 10.2. The Balaban J connectivity index is 2.59. The molecule has 1 rings (SSSR count). The summed E-state index contributed by atoms with van der Waals surface area (Å²) in [6.07, 6.45) is 3.04. The van der Waals surface area contributed by atoms with E-state index in [1.54, 1.807) is 0 Å². The molecule has 0 atom stereocenters. The van der Waals surface area contributed by atoms with Gasteiger partial charge in [0.25, 0.3) is 0 Å². The number of rotatable bonds is 7. The second kappa shape index (κ2) is 7.88. The topological polar surface area (TPSA) is 21.3 Å². The molecular weight excluding hydrogens is 229 g/mol. The Kier molecular flexibility index (Phi) is 6.44. The fourth-order valence-electron chi connectivity index (χ4n) is 1.52. The van der Waals surface area contributed by atoms with E-state index in [1.807, 2.05) is 26.0 Å². The Bertz CT molecular complexity index is 397. The van der Waals surface area contributed by atoms with E-state index in [0.29, 0.717) is 18.9 Å². The molecule has 0 aromatic heterocycles. The Hall–Kier alpha value is -1.35. The van der Waals surface area contributed by atoms with Crippen molar-refractivity contribution in [3.8, 4) is 5.75 Å². The van der Waals surface area contributed by atoms with Gasteiger partial charge in [-0.3, -0.25) is 0 Å². The third kappa shape index (κ3) is 5.82. The van der Waals surface area contributed by atoms with Crippen LogP contribution in [0.5, 0.6) is 5.75 Å². The minimum Gasteiger partial charge on any atom is -0.489 e. The molecule has 0 aliphatic carbocycles. The van der Waals surface area contributed by atoms with Crippen molar-refractivity contribution < 1.29 is 9.13 Å². The summed E-state index contributed by atoms with van der Waals surface area (Å²) in [7, 11) is 0. The molecule has 0 saturated heterocycles. The van der Waals surface area contributed by atoms with Crippen molar-refractivity contribution in [3.63, 3.8) is 0 Å². The van der Waals surface area contributed by atoms with Gasteiger partial charge in [0.2, 0.25) is 0 Å². The highest BCUT2D eigenvalue weighted by molar-refractivity contribution is 5.29. The highest BCUT2D eigenvalue weighted by Crippen LogP contribution is 2.16. The van der Waals surface area contributed by atoms with E-state index in [2.05, 4.69) is 12.2 Å². The number of allylic oxidation sites excluding steroid dienone is 1. The van der Waals surface area contributed by atoms with Gasteiger partial charge in [0.15, 0.2) is 0 Å². The van der Waals surface area contributed by atoms with Crippen LogP contribution in [0.3, 0.4) is 0 Å². The molecule has 0 amide bonds. The highest BCUT2D eigenvalue weighted by Gasteiger charge is 2.01. The van der Waals surface area contributed by atoms with Crippen LogP contribution in [0.2, 0.25) is 0 Å². The number of halogens is 1. The van der Waals surface area contributed by atoms with Gasteiger partial charge in [-0.1, -0.05) is 12.5 Å². The maximum Gasteiger partial charge on any atom is 0.127 e. The van der Waals surface area contributed by atoms with Gasteiger partial charge in [0.1, 0.15) is 18.2 Å². The quantitative estimate of drug-likeness (QED) is 0.589. The van der Waals surface area contributed by atoms with Crippen molar-refractivity contribution in [3.05, 3.63) is 41.2 Å². The average molecular weight is 251 g/mol. The van der Waals surface area contributed by atoms with Crippen molar-refractivity contribution in [2.24, 2.45) is 0 Å². The molecule has 2 nitrogen and oxygen atoms in total. The zero-order valence-electron chi connectivity index (χ0n) is 11.4. The van der Waals surface area contributed by atoms with Gasteiger partial charge in [0, 0.05) is 12.6 Å². The monoisotopic (exact) mass is 251 g/mol. The lowest BCUT2D eigenvalue weighted by atomic mass is 10.2. The number of hydrogen-bond acceptors (Lipinski definition) is 2. The molecule has 0 heterocycles. The van der Waals surface area contributed by atoms with Crippen molar-refractivity contribution in [1.82, 2.24) is 5.32 Å². The fraction of sp³-hybridized carbons (Fsp3) is 0.467. The lowest BCUT2D eigenvalue weighted by Gasteiger charge is -2.08. The SMILES string of the molecule is CCCNCc1cc(F)cc(OCC=C(C)C)c1. The molecule has 3 heteroatoms. The van der Waals surface area contributed by atoms with Crippen LogP contribution in [0.4, 0.5) is 4.39 Å². The molecule has 1 N–H and O–H groups in total. The van der Waals surface area contributed by atoms with Crippen molar-refractivity contribution in [1.29, 1.82) is 0 Å². The molecule has 0 spiro atoms. The van der Waals surface area contributed by atoms with E-state index in [9.17, 15) is 4.39 Å². The zero-order chi connectivity index (χ0) is 13.4. The number of ether oxygens (including phenoxy) is 1. The molecule has 0 aliphatic heterocycles. The predicted octanol–water partition coefficient (Wildman–Crippen LogP) is 3.67. The van der Waals surface area contributed by atoms with E-state index in [0.717, 1.165) is 18.5 Å². The summed E-state index contributed by atoms with van der Waals surface area (Å²) >= 11 is 0. The van der Waals surface area contributed by atoms with Gasteiger partial charge in [-0.25, -0.2) is 4.39 Å². The van der Waals surface area contributed by atoms with Crippen LogP contribution in [-0.2, 0) is 6.54 Å². The second-order valence-electron chi connectivity index (χ2n) is 4.56. The first-order chi connectivity index (χ1) is 8.61. The smallest absolute Gasteiger partial charge is 0.127 e. The lowest BCUT2D eigenvalue weighted by molar-refractivity contribution is 0.359. The van der Waals surface area contributed by atoms with Crippen LogP contribution in [0, 0.1) is 5.82 Å². The molecule has 0 unspecified atom stereocenters. The predicted molar refractivity (Wildman–Crippen MR) is 73.3 cm³/mol. The van der Waals surface area contributed by atoms with Gasteiger partial charge in [0.05, 0.1) is 0 Å². The van der Waals surface area contributed by atoms with E-state index >= 15 is 0 Å². The minimum atomic E-state index is -0.252. The number of nitrogens with one attached hydrogen (secondary N) is 1. The molecular formula is C15H22FNO. The van der Waals surface area contributed by atoms with Crippen LogP contribution in [-0.4, -0.2) is 13.2 Å². The van der Waals surface area contributed by atoms with Crippen LogP contribution in [0.15, 0.2) is 29.8 Å². The zero-order valence-corrected chi connectivity index (χ0v) is 11.4. The van der Waals surface area contributed by atoms with Crippen LogP contribution in [0.25, 0.3) is 0 Å². The van der Waals surface area contributed by atoms with E-state index in [-0.39, 0.29) is 5.82 Å². The standard InChI is InChI=1S/C15H22FNO/c1-4-6-17-11-13-8-14(16)10-15(9-13)18-7-5-12(2)3/h5,8-10,17H,4,6-7,11H2,1-3H3. The molecule has 100 valence electrons. The van der Waals surface area contributed by atoms with Gasteiger partial charge in [-0.2, -0.15) is 0 Å². The molecule has 18 heavy (non-hydrogen) atoms. The van der Waals surface area contributed by atoms with Gasteiger partial charge < -0.3 is 10.1 Å². The molecule has 0 saturated carbocycles. The Morgan fingerprint density at radius 1 is 1.33 bits per heavy atom. The highest BCUT2D eigenvalue weighted by atomic mass is 19.1. The molecule has 0 aliphatic rings. The second-order valence-corrected chi connectivity index (χ2v) is 4.56. The fourth-order valence-corrected chi connectivity index (χ4v) is 1.52. The first kappa shape index (κ1) is 14.7. The van der Waals surface area contributed by atoms with Gasteiger partial charge >= 0.3 is 0 Å². The van der Waals surface area contributed by atoms with E-state index in [1.165, 1.54) is 17.7 Å². The number of hydrogen-bond donors (Lipinski definition) is 1. The summed E-state index contributed by atoms with van der Waals surface area (Å²) in [5.41, 5.74) is 2.10. The Labute approximate surface area is 109 Å².